The van der Waals surface area contributed by atoms with Gasteiger partial charge in [0.15, 0.2) is 6.10 Å². The molecule has 0 aliphatic carbocycles. The maximum absolute atomic E-state index is 12.9. The zero-order valence-corrected chi connectivity index (χ0v) is 52.5. The van der Waals surface area contributed by atoms with Gasteiger partial charge in [-0.1, -0.05) is 320 Å². The van der Waals surface area contributed by atoms with E-state index in [1.165, 1.54) is 263 Å². The van der Waals surface area contributed by atoms with Crippen LogP contribution in [0.15, 0.2) is 48.6 Å². The molecule has 0 saturated heterocycles. The second kappa shape index (κ2) is 66.9. The van der Waals surface area contributed by atoms with Crippen molar-refractivity contribution in [1.29, 1.82) is 0 Å². The minimum atomic E-state index is -0.776. The van der Waals surface area contributed by atoms with Crippen LogP contribution in [-0.2, 0) is 28.6 Å². The average molecular weight is 1090 g/mol. The van der Waals surface area contributed by atoms with Gasteiger partial charge in [-0.15, -0.1) is 0 Å². The van der Waals surface area contributed by atoms with E-state index >= 15 is 0 Å². The Bertz CT molecular complexity index is 1350. The van der Waals surface area contributed by atoms with E-state index in [-0.39, 0.29) is 31.1 Å². The molecule has 1 unspecified atom stereocenters. The first-order valence-electron chi connectivity index (χ1n) is 34.6. The number of esters is 3. The second-order valence-electron chi connectivity index (χ2n) is 23.4. The third-order valence-electron chi connectivity index (χ3n) is 15.6. The lowest BCUT2D eigenvalue weighted by molar-refractivity contribution is -0.167. The standard InChI is InChI=1S/C72H132O6/c1-4-7-10-13-16-19-22-25-28-31-34-35-36-37-39-41-44-47-50-53-56-59-62-65-71(74)77-68-69(67-76-70(73)64-61-58-55-52-49-46-43-40-33-30-27-24-21-18-15-12-9-6-3)78-72(75)66-63-60-57-54-51-48-45-42-38-32-29-26-23-20-17-14-11-8-5-2/h17,20,22,25-26,29,31,34,69H,4-16,18-19,21,23-24,27-28,30,32-33,35-68H2,1-3H3/b20-17-,25-22-,29-26-,34-31-. The van der Waals surface area contributed by atoms with Gasteiger partial charge in [0.25, 0.3) is 0 Å². The van der Waals surface area contributed by atoms with E-state index in [1.807, 2.05) is 0 Å². The topological polar surface area (TPSA) is 78.9 Å². The molecule has 0 fully saturated rings. The molecule has 0 bridgehead atoms. The molecule has 0 heterocycles. The highest BCUT2D eigenvalue weighted by Crippen LogP contribution is 2.18. The molecule has 0 aromatic rings. The first-order chi connectivity index (χ1) is 38.5. The summed E-state index contributed by atoms with van der Waals surface area (Å²) in [4.78, 5) is 38.5. The molecule has 6 nitrogen and oxygen atoms in total. The smallest absolute Gasteiger partial charge is 0.306 e. The van der Waals surface area contributed by atoms with Gasteiger partial charge in [-0.2, -0.15) is 0 Å². The molecule has 6 heteroatoms. The van der Waals surface area contributed by atoms with Crippen molar-refractivity contribution in [2.75, 3.05) is 13.2 Å². The summed E-state index contributed by atoms with van der Waals surface area (Å²) < 4.78 is 17.0. The lowest BCUT2D eigenvalue weighted by atomic mass is 10.0. The van der Waals surface area contributed by atoms with Gasteiger partial charge >= 0.3 is 17.9 Å². The van der Waals surface area contributed by atoms with Crippen LogP contribution < -0.4 is 0 Å². The van der Waals surface area contributed by atoms with Crippen molar-refractivity contribution < 1.29 is 28.6 Å². The molecule has 0 aromatic carbocycles. The lowest BCUT2D eigenvalue weighted by Gasteiger charge is -2.18. The number of ether oxygens (including phenoxy) is 3. The van der Waals surface area contributed by atoms with Gasteiger partial charge in [0, 0.05) is 19.3 Å². The highest BCUT2D eigenvalue weighted by Gasteiger charge is 2.19. The number of unbranched alkanes of at least 4 members (excludes halogenated alkanes) is 45. The Morgan fingerprint density at radius 3 is 0.731 bits per heavy atom. The summed E-state index contributed by atoms with van der Waals surface area (Å²) in [5.41, 5.74) is 0. The molecule has 0 spiro atoms. The number of allylic oxidation sites excluding steroid dienone is 8. The highest BCUT2D eigenvalue weighted by atomic mass is 16.6. The van der Waals surface area contributed by atoms with Crippen molar-refractivity contribution in [3.05, 3.63) is 48.6 Å². The highest BCUT2D eigenvalue weighted by molar-refractivity contribution is 5.71. The fraction of sp³-hybridized carbons (Fsp3) is 0.847. The van der Waals surface area contributed by atoms with Crippen LogP contribution >= 0.6 is 0 Å². The lowest BCUT2D eigenvalue weighted by Crippen LogP contribution is -2.30. The minimum absolute atomic E-state index is 0.0709. The van der Waals surface area contributed by atoms with Crippen LogP contribution in [0.4, 0.5) is 0 Å². The van der Waals surface area contributed by atoms with Crippen molar-refractivity contribution in [1.82, 2.24) is 0 Å². The molecule has 0 aromatic heterocycles. The van der Waals surface area contributed by atoms with E-state index in [0.717, 1.165) is 70.6 Å². The number of hydrogen-bond acceptors (Lipinski definition) is 6. The normalized spacial score (nSPS) is 12.3. The van der Waals surface area contributed by atoms with Crippen LogP contribution in [0.5, 0.6) is 0 Å². The zero-order chi connectivity index (χ0) is 56.4. The summed E-state index contributed by atoms with van der Waals surface area (Å²) in [6.45, 7) is 6.67. The average Bonchev–Trinajstić information content (AvgIpc) is 3.44. The Kier molecular flexibility index (Phi) is 64.6. The predicted molar refractivity (Wildman–Crippen MR) is 339 cm³/mol. The van der Waals surface area contributed by atoms with E-state index in [4.69, 9.17) is 14.2 Å². The Hall–Kier alpha value is -2.63. The van der Waals surface area contributed by atoms with Gasteiger partial charge in [0.05, 0.1) is 0 Å². The summed E-state index contributed by atoms with van der Waals surface area (Å²) in [5.74, 6) is -0.851. The molecule has 456 valence electrons. The van der Waals surface area contributed by atoms with Gasteiger partial charge in [0.2, 0.25) is 0 Å². The SMILES string of the molecule is CCCCC/C=C\C/C=C\CCCCCCCCCCCC(=O)OC(COC(=O)CCCCCCCCCCCCC/C=C\C/C=C\CCCCCCC)COC(=O)CCCCCCCCCCCCCCCCCCCC. The molecular formula is C72H132O6. The van der Waals surface area contributed by atoms with E-state index in [9.17, 15) is 14.4 Å². The predicted octanol–water partition coefficient (Wildman–Crippen LogP) is 23.7. The maximum Gasteiger partial charge on any atom is 0.306 e. The Morgan fingerprint density at radius 2 is 0.462 bits per heavy atom. The Morgan fingerprint density at radius 1 is 0.256 bits per heavy atom. The fourth-order valence-corrected chi connectivity index (χ4v) is 10.3. The Balaban J connectivity index is 4.33. The number of carbonyl (C=O) groups excluding carboxylic acids is 3. The largest absolute Gasteiger partial charge is 0.462 e. The van der Waals surface area contributed by atoms with Crippen LogP contribution in [0.1, 0.15) is 374 Å². The number of hydrogen-bond donors (Lipinski definition) is 0. The van der Waals surface area contributed by atoms with Crippen LogP contribution in [0.2, 0.25) is 0 Å². The van der Waals surface area contributed by atoms with E-state index in [1.54, 1.807) is 0 Å². The number of carbonyl (C=O) groups is 3. The molecule has 0 saturated carbocycles. The molecular weight excluding hydrogens is 961 g/mol. The Labute approximate surface area is 486 Å². The summed E-state index contributed by atoms with van der Waals surface area (Å²) in [6.07, 6.45) is 84.1. The van der Waals surface area contributed by atoms with E-state index in [2.05, 4.69) is 69.4 Å². The van der Waals surface area contributed by atoms with Crippen LogP contribution in [0.3, 0.4) is 0 Å². The molecule has 78 heavy (non-hydrogen) atoms. The summed E-state index contributed by atoms with van der Waals surface area (Å²) in [5, 5.41) is 0. The van der Waals surface area contributed by atoms with Crippen molar-refractivity contribution in [3.63, 3.8) is 0 Å². The van der Waals surface area contributed by atoms with Crippen molar-refractivity contribution in [3.8, 4) is 0 Å². The van der Waals surface area contributed by atoms with Gasteiger partial charge in [-0.3, -0.25) is 14.4 Å². The molecule has 0 N–H and O–H groups in total. The van der Waals surface area contributed by atoms with E-state index < -0.39 is 6.10 Å². The summed E-state index contributed by atoms with van der Waals surface area (Å²) in [7, 11) is 0. The zero-order valence-electron chi connectivity index (χ0n) is 52.5. The number of rotatable bonds is 64. The third-order valence-corrected chi connectivity index (χ3v) is 15.6. The monoisotopic (exact) mass is 1090 g/mol. The van der Waals surface area contributed by atoms with Gasteiger partial charge < -0.3 is 14.2 Å². The van der Waals surface area contributed by atoms with E-state index in [0.29, 0.717) is 19.3 Å². The second-order valence-corrected chi connectivity index (χ2v) is 23.4. The van der Waals surface area contributed by atoms with Crippen molar-refractivity contribution >= 4 is 17.9 Å². The van der Waals surface area contributed by atoms with Gasteiger partial charge in [0.1, 0.15) is 13.2 Å². The molecule has 0 amide bonds. The van der Waals surface area contributed by atoms with Gasteiger partial charge in [-0.05, 0) is 83.5 Å². The molecule has 0 rings (SSSR count). The molecule has 1 atom stereocenters. The van der Waals surface area contributed by atoms with Gasteiger partial charge in [-0.25, -0.2) is 0 Å². The van der Waals surface area contributed by atoms with Crippen molar-refractivity contribution in [2.45, 2.75) is 380 Å². The van der Waals surface area contributed by atoms with Crippen LogP contribution in [0.25, 0.3) is 0 Å². The third kappa shape index (κ3) is 64.2. The summed E-state index contributed by atoms with van der Waals surface area (Å²) in [6, 6.07) is 0. The maximum atomic E-state index is 12.9. The fourth-order valence-electron chi connectivity index (χ4n) is 10.3. The minimum Gasteiger partial charge on any atom is -0.462 e. The quantitative estimate of drug-likeness (QED) is 0.0261. The molecule has 0 radical (unpaired) electrons. The summed E-state index contributed by atoms with van der Waals surface area (Å²) >= 11 is 0. The molecule has 0 aliphatic rings. The van der Waals surface area contributed by atoms with Crippen molar-refractivity contribution in [2.24, 2.45) is 0 Å². The molecule has 0 aliphatic heterocycles. The first-order valence-corrected chi connectivity index (χ1v) is 34.6. The van der Waals surface area contributed by atoms with Crippen LogP contribution in [0, 0.1) is 0 Å². The first kappa shape index (κ1) is 75.4. The van der Waals surface area contributed by atoms with Crippen LogP contribution in [-0.4, -0.2) is 37.2 Å².